The standard InChI is InChI=1S/C23H30N2O4S2/c1-5-20(17-8-10-21(29-3)16(2)14-17)24-31(27,28)18-9-11-22(30-4)19(15-18)23(26)25-12-6-7-13-25/h8-11,14-15,20,24H,5-7,12-13H2,1-4H3/t20-/m0/s1. The molecule has 2 aromatic carbocycles. The molecule has 1 aliphatic rings. The zero-order chi connectivity index (χ0) is 22.6. The van der Waals surface area contributed by atoms with Gasteiger partial charge in [-0.3, -0.25) is 4.79 Å². The van der Waals surface area contributed by atoms with Crippen molar-refractivity contribution in [2.24, 2.45) is 0 Å². The van der Waals surface area contributed by atoms with Crippen LogP contribution in [0.4, 0.5) is 0 Å². The van der Waals surface area contributed by atoms with Crippen molar-refractivity contribution in [2.45, 2.75) is 48.9 Å². The molecular weight excluding hydrogens is 432 g/mol. The Balaban J connectivity index is 1.90. The molecular formula is C23H30N2O4S2. The number of likely N-dealkylation sites (tertiary alicyclic amines) is 1. The molecule has 1 N–H and O–H groups in total. The summed E-state index contributed by atoms with van der Waals surface area (Å²) in [5.74, 6) is 0.663. The van der Waals surface area contributed by atoms with Gasteiger partial charge in [-0.05, 0) is 67.8 Å². The van der Waals surface area contributed by atoms with Gasteiger partial charge in [-0.1, -0.05) is 19.1 Å². The number of methoxy groups -OCH3 is 1. The predicted molar refractivity (Wildman–Crippen MR) is 124 cm³/mol. The third-order valence-corrected chi connectivity index (χ3v) is 7.90. The lowest BCUT2D eigenvalue weighted by Gasteiger charge is -2.20. The maximum absolute atomic E-state index is 13.2. The van der Waals surface area contributed by atoms with E-state index in [0.717, 1.165) is 47.7 Å². The number of hydrogen-bond donors (Lipinski definition) is 1. The summed E-state index contributed by atoms with van der Waals surface area (Å²) in [6.45, 7) is 5.31. The Labute approximate surface area is 189 Å². The fraction of sp³-hybridized carbons (Fsp3) is 0.435. The van der Waals surface area contributed by atoms with E-state index in [1.54, 1.807) is 24.1 Å². The second-order valence-electron chi connectivity index (χ2n) is 7.67. The Bertz CT molecular complexity index is 1050. The van der Waals surface area contributed by atoms with E-state index < -0.39 is 10.0 Å². The van der Waals surface area contributed by atoms with Crippen molar-refractivity contribution >= 4 is 27.7 Å². The highest BCUT2D eigenvalue weighted by Crippen LogP contribution is 2.29. The number of amides is 1. The summed E-state index contributed by atoms with van der Waals surface area (Å²) >= 11 is 1.45. The molecule has 8 heteroatoms. The van der Waals surface area contributed by atoms with E-state index in [-0.39, 0.29) is 16.8 Å². The van der Waals surface area contributed by atoms with Crippen LogP contribution in [0.2, 0.25) is 0 Å². The number of hydrogen-bond acceptors (Lipinski definition) is 5. The second kappa shape index (κ2) is 10.1. The van der Waals surface area contributed by atoms with Crippen LogP contribution in [0.1, 0.15) is 53.7 Å². The maximum Gasteiger partial charge on any atom is 0.255 e. The quantitative estimate of drug-likeness (QED) is 0.589. The van der Waals surface area contributed by atoms with E-state index in [1.165, 1.54) is 17.8 Å². The minimum Gasteiger partial charge on any atom is -0.496 e. The molecule has 1 atom stereocenters. The molecule has 6 nitrogen and oxygen atoms in total. The molecule has 1 heterocycles. The second-order valence-corrected chi connectivity index (χ2v) is 10.2. The number of carbonyl (C=O) groups excluding carboxylic acids is 1. The van der Waals surface area contributed by atoms with Gasteiger partial charge >= 0.3 is 0 Å². The molecule has 2 aromatic rings. The SMILES string of the molecule is CC[C@H](NS(=O)(=O)c1ccc(SC)c(C(=O)N2CCCC2)c1)c1ccc(OC)c(C)c1. The number of ether oxygens (including phenoxy) is 1. The Kier molecular flexibility index (Phi) is 7.67. The normalized spacial score (nSPS) is 15.2. The van der Waals surface area contributed by atoms with Crippen LogP contribution in [0.15, 0.2) is 46.2 Å². The van der Waals surface area contributed by atoms with Gasteiger partial charge in [-0.25, -0.2) is 13.1 Å². The summed E-state index contributed by atoms with van der Waals surface area (Å²) in [6, 6.07) is 10.1. The van der Waals surface area contributed by atoms with Crippen LogP contribution in [-0.2, 0) is 10.0 Å². The molecule has 0 saturated carbocycles. The number of rotatable bonds is 8. The summed E-state index contributed by atoms with van der Waals surface area (Å²) in [5.41, 5.74) is 2.27. The van der Waals surface area contributed by atoms with Gasteiger partial charge in [0.2, 0.25) is 10.0 Å². The Morgan fingerprint density at radius 2 is 1.90 bits per heavy atom. The van der Waals surface area contributed by atoms with Crippen LogP contribution in [-0.4, -0.2) is 45.7 Å². The summed E-state index contributed by atoms with van der Waals surface area (Å²) < 4.78 is 34.5. The number of benzene rings is 2. The lowest BCUT2D eigenvalue weighted by molar-refractivity contribution is 0.0789. The molecule has 0 bridgehead atoms. The maximum atomic E-state index is 13.2. The van der Waals surface area contributed by atoms with E-state index in [1.807, 2.05) is 38.3 Å². The zero-order valence-corrected chi connectivity index (χ0v) is 20.1. The van der Waals surface area contributed by atoms with Gasteiger partial charge in [-0.2, -0.15) is 0 Å². The summed E-state index contributed by atoms with van der Waals surface area (Å²) in [5, 5.41) is 0. The van der Waals surface area contributed by atoms with E-state index in [4.69, 9.17) is 4.74 Å². The van der Waals surface area contributed by atoms with Crippen LogP contribution in [0.25, 0.3) is 0 Å². The van der Waals surface area contributed by atoms with Gasteiger partial charge in [0.25, 0.3) is 5.91 Å². The van der Waals surface area contributed by atoms with Gasteiger partial charge < -0.3 is 9.64 Å². The molecule has 0 aromatic heterocycles. The summed E-state index contributed by atoms with van der Waals surface area (Å²) in [6.07, 6.45) is 4.45. The van der Waals surface area contributed by atoms with Crippen molar-refractivity contribution in [1.29, 1.82) is 0 Å². The third-order valence-electron chi connectivity index (χ3n) is 5.63. The van der Waals surface area contributed by atoms with Crippen LogP contribution >= 0.6 is 11.8 Å². The molecule has 1 amide bonds. The molecule has 0 spiro atoms. The van der Waals surface area contributed by atoms with Crippen LogP contribution in [0.5, 0.6) is 5.75 Å². The molecule has 31 heavy (non-hydrogen) atoms. The lowest BCUT2D eigenvalue weighted by Crippen LogP contribution is -2.30. The number of nitrogens with one attached hydrogen (secondary N) is 1. The fourth-order valence-corrected chi connectivity index (χ4v) is 5.78. The zero-order valence-electron chi connectivity index (χ0n) is 18.5. The van der Waals surface area contributed by atoms with E-state index in [0.29, 0.717) is 12.0 Å². The molecule has 1 aliphatic heterocycles. The molecule has 0 aliphatic carbocycles. The van der Waals surface area contributed by atoms with Crippen LogP contribution < -0.4 is 9.46 Å². The van der Waals surface area contributed by atoms with E-state index >= 15 is 0 Å². The highest BCUT2D eigenvalue weighted by Gasteiger charge is 2.26. The summed E-state index contributed by atoms with van der Waals surface area (Å²) in [4.78, 5) is 15.7. The van der Waals surface area contributed by atoms with Gasteiger partial charge in [0.15, 0.2) is 0 Å². The number of sulfonamides is 1. The molecule has 0 unspecified atom stereocenters. The first-order valence-corrected chi connectivity index (χ1v) is 13.2. The Morgan fingerprint density at radius 3 is 2.48 bits per heavy atom. The number of aryl methyl sites for hydroxylation is 1. The highest BCUT2D eigenvalue weighted by atomic mass is 32.2. The van der Waals surface area contributed by atoms with Gasteiger partial charge in [0, 0.05) is 24.0 Å². The number of carbonyl (C=O) groups is 1. The Morgan fingerprint density at radius 1 is 1.19 bits per heavy atom. The Hall–Kier alpha value is -2.03. The third kappa shape index (κ3) is 5.25. The van der Waals surface area contributed by atoms with Gasteiger partial charge in [0.05, 0.1) is 17.6 Å². The van der Waals surface area contributed by atoms with Crippen molar-refractivity contribution in [3.8, 4) is 5.75 Å². The molecule has 168 valence electrons. The van der Waals surface area contributed by atoms with E-state index in [9.17, 15) is 13.2 Å². The lowest BCUT2D eigenvalue weighted by atomic mass is 10.0. The average molecular weight is 463 g/mol. The minimum atomic E-state index is -3.81. The topological polar surface area (TPSA) is 75.7 Å². The predicted octanol–water partition coefficient (Wildman–Crippen LogP) is 4.39. The van der Waals surface area contributed by atoms with Crippen LogP contribution in [0, 0.1) is 6.92 Å². The molecule has 3 rings (SSSR count). The summed E-state index contributed by atoms with van der Waals surface area (Å²) in [7, 11) is -2.20. The molecule has 0 radical (unpaired) electrons. The largest absolute Gasteiger partial charge is 0.496 e. The number of nitrogens with zero attached hydrogens (tertiary/aromatic N) is 1. The van der Waals surface area contributed by atoms with Gasteiger partial charge in [0.1, 0.15) is 5.75 Å². The highest BCUT2D eigenvalue weighted by molar-refractivity contribution is 7.98. The first kappa shape index (κ1) is 23.6. The smallest absolute Gasteiger partial charge is 0.255 e. The van der Waals surface area contributed by atoms with Crippen molar-refractivity contribution in [3.63, 3.8) is 0 Å². The average Bonchev–Trinajstić information content (AvgIpc) is 3.31. The molecule has 1 saturated heterocycles. The van der Waals surface area contributed by atoms with Crippen molar-refractivity contribution in [3.05, 3.63) is 53.1 Å². The van der Waals surface area contributed by atoms with Crippen molar-refractivity contribution in [1.82, 2.24) is 9.62 Å². The van der Waals surface area contributed by atoms with Gasteiger partial charge in [-0.15, -0.1) is 11.8 Å². The van der Waals surface area contributed by atoms with E-state index in [2.05, 4.69) is 4.72 Å². The molecule has 1 fully saturated rings. The van der Waals surface area contributed by atoms with Crippen molar-refractivity contribution in [2.75, 3.05) is 26.5 Å². The fourth-order valence-electron chi connectivity index (χ4n) is 3.87. The monoisotopic (exact) mass is 462 g/mol. The first-order chi connectivity index (χ1) is 14.8. The number of thioether (sulfide) groups is 1. The van der Waals surface area contributed by atoms with Crippen LogP contribution in [0.3, 0.4) is 0 Å². The minimum absolute atomic E-state index is 0.100. The van der Waals surface area contributed by atoms with Crippen molar-refractivity contribution < 1.29 is 17.9 Å². The first-order valence-electron chi connectivity index (χ1n) is 10.4.